The number of hydrogen-bond donors (Lipinski definition) is 1. The monoisotopic (exact) mass is 236 g/mol. The van der Waals surface area contributed by atoms with Gasteiger partial charge in [0.15, 0.2) is 0 Å². The lowest BCUT2D eigenvalue weighted by molar-refractivity contribution is -0.119. The first kappa shape index (κ1) is 13.6. The van der Waals surface area contributed by atoms with Gasteiger partial charge in [-0.05, 0) is 24.0 Å². The Hall–Kier alpha value is -1.51. The molecule has 0 radical (unpaired) electrons. The molecule has 0 bridgehead atoms. The van der Waals surface area contributed by atoms with E-state index in [1.165, 1.54) is 0 Å². The molecule has 1 rings (SSSR count). The Kier molecular flexibility index (Phi) is 5.01. The van der Waals surface area contributed by atoms with E-state index in [0.717, 1.165) is 12.0 Å². The molecule has 0 aliphatic carbocycles. The van der Waals surface area contributed by atoms with Crippen molar-refractivity contribution in [3.8, 4) is 11.5 Å². The largest absolute Gasteiger partial charge is 0.508 e. The van der Waals surface area contributed by atoms with E-state index in [2.05, 4.69) is 6.92 Å². The summed E-state index contributed by atoms with van der Waals surface area (Å²) in [5.41, 5.74) is 0.995. The minimum atomic E-state index is 0.165. The van der Waals surface area contributed by atoms with E-state index < -0.39 is 0 Å². The third kappa shape index (κ3) is 3.48. The number of carbonyl (C=O) groups excluding carboxylic acids is 1. The van der Waals surface area contributed by atoms with Crippen LogP contribution in [-0.2, 0) is 4.79 Å². The van der Waals surface area contributed by atoms with Crippen LogP contribution in [0, 0.1) is 0 Å². The van der Waals surface area contributed by atoms with Crippen molar-refractivity contribution in [1.29, 1.82) is 0 Å². The Morgan fingerprint density at radius 1 is 1.41 bits per heavy atom. The fraction of sp³-hybridized carbons (Fsp3) is 0.500. The number of carbonyl (C=O) groups is 1. The fourth-order valence-corrected chi connectivity index (χ4v) is 1.93. The molecule has 17 heavy (non-hydrogen) atoms. The van der Waals surface area contributed by atoms with Crippen LogP contribution in [0.2, 0.25) is 0 Å². The third-order valence-corrected chi connectivity index (χ3v) is 3.02. The first-order chi connectivity index (χ1) is 8.12. The lowest BCUT2D eigenvalue weighted by Crippen LogP contribution is -2.07. The molecule has 0 saturated carbocycles. The van der Waals surface area contributed by atoms with E-state index in [-0.39, 0.29) is 17.5 Å². The molecule has 3 heteroatoms. The van der Waals surface area contributed by atoms with Crippen molar-refractivity contribution in [2.24, 2.45) is 0 Å². The van der Waals surface area contributed by atoms with Crippen molar-refractivity contribution < 1.29 is 14.6 Å². The number of hydrogen-bond acceptors (Lipinski definition) is 3. The van der Waals surface area contributed by atoms with Gasteiger partial charge in [0.25, 0.3) is 0 Å². The van der Waals surface area contributed by atoms with Gasteiger partial charge < -0.3 is 9.84 Å². The fourth-order valence-electron chi connectivity index (χ4n) is 1.93. The summed E-state index contributed by atoms with van der Waals surface area (Å²) in [4.78, 5) is 11.5. The van der Waals surface area contributed by atoms with E-state index in [0.29, 0.717) is 18.6 Å². The summed E-state index contributed by atoms with van der Waals surface area (Å²) in [5.74, 6) is 1.26. The Morgan fingerprint density at radius 3 is 2.65 bits per heavy atom. The van der Waals surface area contributed by atoms with Crippen LogP contribution in [-0.4, -0.2) is 18.0 Å². The zero-order valence-electron chi connectivity index (χ0n) is 10.7. The van der Waals surface area contributed by atoms with Crippen LogP contribution < -0.4 is 4.74 Å². The van der Waals surface area contributed by atoms with Gasteiger partial charge in [0, 0.05) is 18.9 Å². The number of phenolic OH excluding ortho intramolecular Hbond substituents is 1. The van der Waals surface area contributed by atoms with Crippen molar-refractivity contribution in [3.63, 3.8) is 0 Å². The van der Waals surface area contributed by atoms with Gasteiger partial charge in [-0.1, -0.05) is 19.9 Å². The average Bonchev–Trinajstić information content (AvgIpc) is 2.35. The summed E-state index contributed by atoms with van der Waals surface area (Å²) in [6.07, 6.45) is 1.98. The van der Waals surface area contributed by atoms with Crippen molar-refractivity contribution in [3.05, 3.63) is 23.8 Å². The van der Waals surface area contributed by atoms with Crippen LogP contribution in [0.3, 0.4) is 0 Å². The zero-order valence-corrected chi connectivity index (χ0v) is 10.7. The summed E-state index contributed by atoms with van der Waals surface area (Å²) in [7, 11) is 1.58. The molecule has 1 atom stereocenters. The Bertz CT molecular complexity index is 385. The van der Waals surface area contributed by atoms with Gasteiger partial charge in [-0.3, -0.25) is 4.79 Å². The van der Waals surface area contributed by atoms with Crippen molar-refractivity contribution in [2.45, 2.75) is 39.0 Å². The lowest BCUT2D eigenvalue weighted by Gasteiger charge is -2.17. The van der Waals surface area contributed by atoms with E-state index in [1.807, 2.05) is 13.0 Å². The second-order valence-corrected chi connectivity index (χ2v) is 4.13. The Morgan fingerprint density at radius 2 is 2.12 bits per heavy atom. The van der Waals surface area contributed by atoms with E-state index in [1.54, 1.807) is 19.2 Å². The molecular formula is C14H20O3. The maximum Gasteiger partial charge on any atom is 0.133 e. The molecule has 0 spiro atoms. The molecule has 0 saturated heterocycles. The standard InChI is InChI=1S/C14H20O3/c1-4-10(8-11(15)5-2)13-7-6-12(16)9-14(13)17-3/h6-7,9-10,16H,4-5,8H2,1-3H3. The highest BCUT2D eigenvalue weighted by molar-refractivity contribution is 5.79. The lowest BCUT2D eigenvalue weighted by atomic mass is 9.90. The van der Waals surface area contributed by atoms with Crippen molar-refractivity contribution in [2.75, 3.05) is 7.11 Å². The maximum atomic E-state index is 11.5. The predicted molar refractivity (Wildman–Crippen MR) is 67.6 cm³/mol. The molecule has 1 aromatic rings. The van der Waals surface area contributed by atoms with Gasteiger partial charge in [-0.25, -0.2) is 0 Å². The maximum absolute atomic E-state index is 11.5. The van der Waals surface area contributed by atoms with Gasteiger partial charge in [-0.2, -0.15) is 0 Å². The molecule has 0 aliphatic rings. The summed E-state index contributed by atoms with van der Waals surface area (Å²) in [5, 5.41) is 9.40. The molecule has 3 nitrogen and oxygen atoms in total. The minimum absolute atomic E-state index is 0.165. The van der Waals surface area contributed by atoms with Crippen LogP contribution in [0.1, 0.15) is 44.6 Å². The van der Waals surface area contributed by atoms with E-state index in [4.69, 9.17) is 4.74 Å². The SMILES string of the molecule is CCC(=O)CC(CC)c1ccc(O)cc1OC. The van der Waals surface area contributed by atoms with Crippen LogP contribution in [0.4, 0.5) is 0 Å². The molecule has 0 aromatic heterocycles. The second-order valence-electron chi connectivity index (χ2n) is 4.13. The molecule has 1 N–H and O–H groups in total. The molecule has 0 amide bonds. The van der Waals surface area contributed by atoms with Gasteiger partial charge in [-0.15, -0.1) is 0 Å². The number of benzene rings is 1. The number of aromatic hydroxyl groups is 1. The predicted octanol–water partition coefficient (Wildman–Crippen LogP) is 3.26. The molecule has 1 aromatic carbocycles. The highest BCUT2D eigenvalue weighted by Crippen LogP contribution is 2.34. The van der Waals surface area contributed by atoms with Gasteiger partial charge >= 0.3 is 0 Å². The number of rotatable bonds is 6. The number of Topliss-reactive ketones (excluding diaryl/α,β-unsaturated/α-hetero) is 1. The molecule has 0 heterocycles. The Balaban J connectivity index is 2.98. The van der Waals surface area contributed by atoms with Gasteiger partial charge in [0.2, 0.25) is 0 Å². The molecule has 1 unspecified atom stereocenters. The van der Waals surface area contributed by atoms with Gasteiger partial charge in [0.05, 0.1) is 7.11 Å². The quantitative estimate of drug-likeness (QED) is 0.824. The van der Waals surface area contributed by atoms with E-state index >= 15 is 0 Å². The zero-order chi connectivity index (χ0) is 12.8. The topological polar surface area (TPSA) is 46.5 Å². The number of ketones is 1. The molecule has 0 fully saturated rings. The van der Waals surface area contributed by atoms with Crippen molar-refractivity contribution >= 4 is 5.78 Å². The third-order valence-electron chi connectivity index (χ3n) is 3.02. The number of phenols is 1. The number of ether oxygens (including phenoxy) is 1. The Labute approximate surface area is 102 Å². The molecule has 0 aliphatic heterocycles. The van der Waals surface area contributed by atoms with Crippen LogP contribution in [0.5, 0.6) is 11.5 Å². The molecule has 94 valence electrons. The highest BCUT2D eigenvalue weighted by Gasteiger charge is 2.17. The first-order valence-corrected chi connectivity index (χ1v) is 6.00. The highest BCUT2D eigenvalue weighted by atomic mass is 16.5. The van der Waals surface area contributed by atoms with Gasteiger partial charge in [0.1, 0.15) is 17.3 Å². The molecular weight excluding hydrogens is 216 g/mol. The smallest absolute Gasteiger partial charge is 0.133 e. The average molecular weight is 236 g/mol. The van der Waals surface area contributed by atoms with E-state index in [9.17, 15) is 9.90 Å². The summed E-state index contributed by atoms with van der Waals surface area (Å²) in [6.45, 7) is 3.93. The van der Waals surface area contributed by atoms with Crippen LogP contribution >= 0.6 is 0 Å². The first-order valence-electron chi connectivity index (χ1n) is 6.00. The van der Waals surface area contributed by atoms with Crippen molar-refractivity contribution in [1.82, 2.24) is 0 Å². The summed E-state index contributed by atoms with van der Waals surface area (Å²) in [6, 6.07) is 5.07. The normalized spacial score (nSPS) is 12.2. The number of methoxy groups -OCH3 is 1. The minimum Gasteiger partial charge on any atom is -0.508 e. The van der Waals surface area contributed by atoms with Crippen LogP contribution in [0.25, 0.3) is 0 Å². The summed E-state index contributed by atoms with van der Waals surface area (Å²) < 4.78 is 5.25. The second kappa shape index (κ2) is 6.28. The van der Waals surface area contributed by atoms with Crippen LogP contribution in [0.15, 0.2) is 18.2 Å². The summed E-state index contributed by atoms with van der Waals surface area (Å²) >= 11 is 0.